The second-order valence-electron chi connectivity index (χ2n) is 6.29. The van der Waals surface area contributed by atoms with Gasteiger partial charge in [0.15, 0.2) is 0 Å². The van der Waals surface area contributed by atoms with Crippen molar-refractivity contribution in [1.82, 2.24) is 5.32 Å². The molecule has 2 heteroatoms. The van der Waals surface area contributed by atoms with Gasteiger partial charge in [0.2, 0.25) is 0 Å². The lowest BCUT2D eigenvalue weighted by molar-refractivity contribution is 0.208. The van der Waals surface area contributed by atoms with E-state index in [9.17, 15) is 0 Å². The minimum atomic E-state index is 0.394. The number of hydrogen-bond acceptors (Lipinski definition) is 2. The monoisotopic (exact) mass is 246 g/mol. The Labute approximate surface area is 111 Å². The topological polar surface area (TPSA) is 15.3 Å². The highest BCUT2D eigenvalue weighted by atomic mass is 15.2. The van der Waals surface area contributed by atoms with Crippen LogP contribution in [0.3, 0.4) is 0 Å². The van der Waals surface area contributed by atoms with Gasteiger partial charge in [0.05, 0.1) is 0 Å². The van der Waals surface area contributed by atoms with Gasteiger partial charge in [-0.2, -0.15) is 0 Å². The van der Waals surface area contributed by atoms with Gasteiger partial charge in [0, 0.05) is 24.8 Å². The number of likely N-dealkylation sites (N-methyl/N-ethyl adjacent to an activating group) is 1. The number of benzene rings is 1. The zero-order valence-corrected chi connectivity index (χ0v) is 12.4. The van der Waals surface area contributed by atoms with E-state index in [4.69, 9.17) is 0 Å². The number of nitrogens with one attached hydrogen (secondary N) is 1. The predicted octanol–water partition coefficient (Wildman–Crippen LogP) is 3.13. The van der Waals surface area contributed by atoms with Gasteiger partial charge in [-0.25, -0.2) is 0 Å². The van der Waals surface area contributed by atoms with E-state index >= 15 is 0 Å². The summed E-state index contributed by atoms with van der Waals surface area (Å²) in [5.74, 6) is 0. The molecule has 0 bridgehead atoms. The zero-order valence-electron chi connectivity index (χ0n) is 12.4. The molecule has 1 aliphatic heterocycles. The van der Waals surface area contributed by atoms with Crippen LogP contribution in [-0.4, -0.2) is 26.2 Å². The molecule has 0 aliphatic carbocycles. The highest BCUT2D eigenvalue weighted by Gasteiger charge is 2.34. The number of aryl methyl sites for hydroxylation is 2. The largest absolute Gasteiger partial charge is 0.370 e. The summed E-state index contributed by atoms with van der Waals surface area (Å²) in [6, 6.07) is 7.37. The molecule has 0 spiro atoms. The number of nitrogens with zero attached hydrogens (tertiary/aromatic N) is 1. The average molecular weight is 246 g/mol. The van der Waals surface area contributed by atoms with Crippen molar-refractivity contribution in [2.24, 2.45) is 5.41 Å². The van der Waals surface area contributed by atoms with Crippen molar-refractivity contribution in [3.63, 3.8) is 0 Å². The second-order valence-corrected chi connectivity index (χ2v) is 6.29. The normalized spacial score (nSPS) is 23.2. The summed E-state index contributed by atoms with van der Waals surface area (Å²) in [5.41, 5.74) is 4.53. The summed E-state index contributed by atoms with van der Waals surface area (Å²) in [6.45, 7) is 11.4. The Hall–Kier alpha value is -1.02. The lowest BCUT2D eigenvalue weighted by Gasteiger charge is -2.45. The van der Waals surface area contributed by atoms with Crippen LogP contribution in [0.15, 0.2) is 18.2 Å². The summed E-state index contributed by atoms with van der Waals surface area (Å²) < 4.78 is 0. The Balaban J connectivity index is 2.18. The molecule has 0 saturated carbocycles. The Bertz CT molecular complexity index is 423. The van der Waals surface area contributed by atoms with Crippen LogP contribution >= 0.6 is 0 Å². The van der Waals surface area contributed by atoms with Crippen molar-refractivity contribution in [2.75, 3.05) is 25.0 Å². The van der Waals surface area contributed by atoms with E-state index in [2.05, 4.69) is 63.2 Å². The van der Waals surface area contributed by atoms with Crippen LogP contribution in [0.2, 0.25) is 0 Å². The SMILES string of the molecule is CNC1CN(c2ccc(C)c(C)c2)CCC1(C)C. The molecule has 0 radical (unpaired) electrons. The quantitative estimate of drug-likeness (QED) is 0.862. The van der Waals surface area contributed by atoms with Crippen LogP contribution < -0.4 is 10.2 Å². The fraction of sp³-hybridized carbons (Fsp3) is 0.625. The van der Waals surface area contributed by atoms with Crippen LogP contribution in [0.25, 0.3) is 0 Å². The third-order valence-electron chi connectivity index (χ3n) is 4.58. The Morgan fingerprint density at radius 2 is 1.94 bits per heavy atom. The number of piperidine rings is 1. The van der Waals surface area contributed by atoms with Gasteiger partial charge in [-0.1, -0.05) is 19.9 Å². The van der Waals surface area contributed by atoms with E-state index in [1.807, 2.05) is 0 Å². The summed E-state index contributed by atoms with van der Waals surface area (Å²) in [7, 11) is 2.08. The Morgan fingerprint density at radius 1 is 1.22 bits per heavy atom. The first kappa shape index (κ1) is 13.4. The van der Waals surface area contributed by atoms with Gasteiger partial charge >= 0.3 is 0 Å². The van der Waals surface area contributed by atoms with Crippen molar-refractivity contribution >= 4 is 5.69 Å². The van der Waals surface area contributed by atoms with Crippen LogP contribution in [0.4, 0.5) is 5.69 Å². The molecular formula is C16H26N2. The molecule has 0 amide bonds. The van der Waals surface area contributed by atoms with E-state index < -0.39 is 0 Å². The van der Waals surface area contributed by atoms with Crippen molar-refractivity contribution in [1.29, 1.82) is 0 Å². The predicted molar refractivity (Wildman–Crippen MR) is 79.4 cm³/mol. The second kappa shape index (κ2) is 4.93. The molecule has 18 heavy (non-hydrogen) atoms. The Kier molecular flexibility index (Phi) is 3.67. The summed E-state index contributed by atoms with van der Waals surface area (Å²) in [5, 5.41) is 3.48. The Morgan fingerprint density at radius 3 is 2.56 bits per heavy atom. The van der Waals surface area contributed by atoms with E-state index in [0.717, 1.165) is 13.1 Å². The van der Waals surface area contributed by atoms with E-state index in [1.165, 1.54) is 23.2 Å². The highest BCUT2D eigenvalue weighted by molar-refractivity contribution is 5.51. The summed E-state index contributed by atoms with van der Waals surface area (Å²) >= 11 is 0. The van der Waals surface area contributed by atoms with Crippen LogP contribution in [0.1, 0.15) is 31.4 Å². The average Bonchev–Trinajstić information content (AvgIpc) is 2.32. The van der Waals surface area contributed by atoms with Crippen molar-refractivity contribution in [2.45, 2.75) is 40.2 Å². The van der Waals surface area contributed by atoms with E-state index in [1.54, 1.807) is 0 Å². The van der Waals surface area contributed by atoms with Crippen molar-refractivity contribution in [3.05, 3.63) is 29.3 Å². The molecule has 2 rings (SSSR count). The standard InChI is InChI=1S/C16H26N2/c1-12-6-7-14(10-13(12)2)18-9-8-16(3,4)15(11-18)17-5/h6-7,10,15,17H,8-9,11H2,1-5H3. The smallest absolute Gasteiger partial charge is 0.0369 e. The lowest BCUT2D eigenvalue weighted by Crippen LogP contribution is -2.54. The molecular weight excluding hydrogens is 220 g/mol. The fourth-order valence-electron chi connectivity index (χ4n) is 2.79. The molecule has 1 aliphatic rings. The lowest BCUT2D eigenvalue weighted by atomic mass is 9.78. The van der Waals surface area contributed by atoms with Gasteiger partial charge < -0.3 is 10.2 Å². The number of anilines is 1. The molecule has 1 aromatic carbocycles. The molecule has 1 saturated heterocycles. The molecule has 1 heterocycles. The third-order valence-corrected chi connectivity index (χ3v) is 4.58. The van der Waals surface area contributed by atoms with Crippen LogP contribution in [-0.2, 0) is 0 Å². The van der Waals surface area contributed by atoms with Crippen LogP contribution in [0.5, 0.6) is 0 Å². The maximum atomic E-state index is 3.48. The minimum Gasteiger partial charge on any atom is -0.370 e. The number of rotatable bonds is 2. The molecule has 1 fully saturated rings. The summed E-state index contributed by atoms with van der Waals surface area (Å²) in [4.78, 5) is 2.51. The first-order chi connectivity index (χ1) is 8.44. The summed E-state index contributed by atoms with van der Waals surface area (Å²) in [6.07, 6.45) is 1.24. The maximum absolute atomic E-state index is 3.48. The van der Waals surface area contributed by atoms with Crippen molar-refractivity contribution < 1.29 is 0 Å². The van der Waals surface area contributed by atoms with E-state index in [-0.39, 0.29) is 0 Å². The maximum Gasteiger partial charge on any atom is 0.0369 e. The third kappa shape index (κ3) is 2.54. The van der Waals surface area contributed by atoms with Gasteiger partial charge in [-0.05, 0) is 56.0 Å². The highest BCUT2D eigenvalue weighted by Crippen LogP contribution is 2.33. The zero-order chi connectivity index (χ0) is 13.3. The van der Waals surface area contributed by atoms with E-state index in [0.29, 0.717) is 11.5 Å². The molecule has 1 unspecified atom stereocenters. The first-order valence-electron chi connectivity index (χ1n) is 6.93. The molecule has 100 valence electrons. The van der Waals surface area contributed by atoms with Crippen molar-refractivity contribution in [3.8, 4) is 0 Å². The van der Waals surface area contributed by atoms with Gasteiger partial charge in [-0.15, -0.1) is 0 Å². The fourth-order valence-corrected chi connectivity index (χ4v) is 2.79. The molecule has 1 atom stereocenters. The molecule has 2 nitrogen and oxygen atoms in total. The molecule has 1 aromatic rings. The molecule has 0 aromatic heterocycles. The van der Waals surface area contributed by atoms with Gasteiger partial charge in [0.25, 0.3) is 0 Å². The minimum absolute atomic E-state index is 0.394. The van der Waals surface area contributed by atoms with Crippen LogP contribution in [0, 0.1) is 19.3 Å². The first-order valence-corrected chi connectivity index (χ1v) is 6.93. The molecule has 1 N–H and O–H groups in total. The van der Waals surface area contributed by atoms with Gasteiger partial charge in [-0.3, -0.25) is 0 Å². The van der Waals surface area contributed by atoms with Gasteiger partial charge in [0.1, 0.15) is 0 Å². The number of hydrogen-bond donors (Lipinski definition) is 1.